The van der Waals surface area contributed by atoms with E-state index in [9.17, 15) is 9.59 Å². The molecule has 0 aliphatic carbocycles. The highest BCUT2D eigenvalue weighted by Gasteiger charge is 2.20. The normalized spacial score (nSPS) is 12.0. The Kier molecular flexibility index (Phi) is 4.42. The van der Waals surface area contributed by atoms with Crippen molar-refractivity contribution < 1.29 is 19.4 Å². The molecule has 1 atom stereocenters. The number of pyridine rings is 1. The lowest BCUT2D eigenvalue weighted by Crippen LogP contribution is -2.38. The van der Waals surface area contributed by atoms with E-state index in [-0.39, 0.29) is 5.69 Å². The average molecular weight is 353 g/mol. The fraction of sp³-hybridized carbons (Fsp3) is 0.214. The molecular weight excluding hydrogens is 340 g/mol. The Balaban J connectivity index is 2.54. The quantitative estimate of drug-likeness (QED) is 0.880. The van der Waals surface area contributed by atoms with Gasteiger partial charge in [0.25, 0.3) is 5.91 Å². The van der Waals surface area contributed by atoms with E-state index in [4.69, 9.17) is 9.84 Å². The number of amides is 1. The number of aliphatic carboxylic acids is 1. The summed E-state index contributed by atoms with van der Waals surface area (Å²) in [6, 6.07) is 4.25. The van der Waals surface area contributed by atoms with Gasteiger partial charge in [-0.1, -0.05) is 15.9 Å². The Morgan fingerprint density at radius 1 is 1.38 bits per heavy atom. The van der Waals surface area contributed by atoms with Crippen LogP contribution in [0.1, 0.15) is 17.4 Å². The minimum atomic E-state index is -1.11. The molecule has 0 radical (unpaired) electrons. The monoisotopic (exact) mass is 352 g/mol. The summed E-state index contributed by atoms with van der Waals surface area (Å²) < 4.78 is 5.94. The number of hydrogen-bond donors (Lipinski definition) is 2. The fourth-order valence-corrected chi connectivity index (χ4v) is 2.44. The molecule has 0 aliphatic heterocycles. The van der Waals surface area contributed by atoms with Gasteiger partial charge in [-0.2, -0.15) is 0 Å². The van der Waals surface area contributed by atoms with Gasteiger partial charge < -0.3 is 15.2 Å². The van der Waals surface area contributed by atoms with Gasteiger partial charge >= 0.3 is 5.97 Å². The summed E-state index contributed by atoms with van der Waals surface area (Å²) in [6.07, 6.45) is 1.48. The van der Waals surface area contributed by atoms with Gasteiger partial charge in [-0.25, -0.2) is 0 Å². The highest BCUT2D eigenvalue weighted by atomic mass is 79.9. The standard InChI is InChI=1S/C14H13BrN2O4/c1-7(14(19)20)17-13(18)12-11-8(5-6-16-12)10(21-2)4-3-9(11)15/h3-7H,1-2H3,(H,17,18)(H,19,20). The Morgan fingerprint density at radius 3 is 2.71 bits per heavy atom. The third kappa shape index (κ3) is 2.97. The van der Waals surface area contributed by atoms with Crippen molar-refractivity contribution in [3.05, 3.63) is 34.6 Å². The largest absolute Gasteiger partial charge is 0.496 e. The summed E-state index contributed by atoms with van der Waals surface area (Å²) >= 11 is 3.38. The molecule has 0 saturated heterocycles. The highest BCUT2D eigenvalue weighted by Crippen LogP contribution is 2.33. The second-order valence-corrected chi connectivity index (χ2v) is 5.22. The third-order valence-electron chi connectivity index (χ3n) is 2.99. The van der Waals surface area contributed by atoms with Crippen molar-refractivity contribution in [3.63, 3.8) is 0 Å². The third-order valence-corrected chi connectivity index (χ3v) is 3.65. The Bertz CT molecular complexity index is 717. The zero-order valence-electron chi connectivity index (χ0n) is 11.4. The number of nitrogens with one attached hydrogen (secondary N) is 1. The van der Waals surface area contributed by atoms with Gasteiger partial charge in [-0.3, -0.25) is 14.6 Å². The van der Waals surface area contributed by atoms with Gasteiger partial charge in [0.15, 0.2) is 0 Å². The van der Waals surface area contributed by atoms with Crippen LogP contribution in [0.15, 0.2) is 28.9 Å². The van der Waals surface area contributed by atoms with Crippen LogP contribution in [0.2, 0.25) is 0 Å². The van der Waals surface area contributed by atoms with E-state index < -0.39 is 17.9 Å². The maximum atomic E-state index is 12.2. The number of benzene rings is 1. The molecule has 6 nitrogen and oxygen atoms in total. The molecule has 2 rings (SSSR count). The zero-order chi connectivity index (χ0) is 15.6. The van der Waals surface area contributed by atoms with Crippen LogP contribution in [-0.4, -0.2) is 35.1 Å². The predicted molar refractivity (Wildman–Crippen MR) is 80.6 cm³/mol. The molecule has 7 heteroatoms. The lowest BCUT2D eigenvalue weighted by atomic mass is 10.1. The first-order chi connectivity index (χ1) is 9.95. The number of nitrogens with zero attached hydrogens (tertiary/aromatic N) is 1. The number of hydrogen-bond acceptors (Lipinski definition) is 4. The Hall–Kier alpha value is -2.15. The van der Waals surface area contributed by atoms with Gasteiger partial charge in [-0.05, 0) is 25.1 Å². The van der Waals surface area contributed by atoms with Crippen LogP contribution in [0.5, 0.6) is 5.75 Å². The maximum absolute atomic E-state index is 12.2. The molecule has 1 amide bonds. The lowest BCUT2D eigenvalue weighted by Gasteiger charge is -2.12. The van der Waals surface area contributed by atoms with Crippen LogP contribution in [0.3, 0.4) is 0 Å². The number of fused-ring (bicyclic) bond motifs is 1. The molecule has 2 aromatic rings. The van der Waals surface area contributed by atoms with Crippen LogP contribution in [0, 0.1) is 0 Å². The molecule has 0 aliphatic rings. The molecule has 110 valence electrons. The summed E-state index contributed by atoms with van der Waals surface area (Å²) in [4.78, 5) is 27.1. The van der Waals surface area contributed by atoms with Crippen molar-refractivity contribution in [2.24, 2.45) is 0 Å². The minimum absolute atomic E-state index is 0.145. The van der Waals surface area contributed by atoms with E-state index in [0.29, 0.717) is 15.6 Å². The van der Waals surface area contributed by atoms with E-state index in [2.05, 4.69) is 26.2 Å². The van der Waals surface area contributed by atoms with Gasteiger partial charge in [0.2, 0.25) is 0 Å². The van der Waals surface area contributed by atoms with Crippen molar-refractivity contribution in [1.29, 1.82) is 0 Å². The lowest BCUT2D eigenvalue weighted by molar-refractivity contribution is -0.138. The molecular formula is C14H13BrN2O4. The van der Waals surface area contributed by atoms with Crippen LogP contribution in [-0.2, 0) is 4.79 Å². The molecule has 0 bridgehead atoms. The number of carbonyl (C=O) groups excluding carboxylic acids is 1. The molecule has 0 saturated carbocycles. The van der Waals surface area contributed by atoms with Crippen molar-refractivity contribution in [2.45, 2.75) is 13.0 Å². The Labute approximate surface area is 129 Å². The van der Waals surface area contributed by atoms with Crippen molar-refractivity contribution in [2.75, 3.05) is 7.11 Å². The van der Waals surface area contributed by atoms with Crippen LogP contribution in [0.25, 0.3) is 10.8 Å². The van der Waals surface area contributed by atoms with Gasteiger partial charge in [0.05, 0.1) is 7.11 Å². The first-order valence-electron chi connectivity index (χ1n) is 6.10. The number of carboxylic acids is 1. The highest BCUT2D eigenvalue weighted by molar-refractivity contribution is 9.10. The predicted octanol–water partition coefficient (Wildman–Crippen LogP) is 2.21. The number of halogens is 1. The molecule has 21 heavy (non-hydrogen) atoms. The fourth-order valence-electron chi connectivity index (χ4n) is 1.91. The zero-order valence-corrected chi connectivity index (χ0v) is 13.0. The summed E-state index contributed by atoms with van der Waals surface area (Å²) in [5.41, 5.74) is 0.145. The van der Waals surface area contributed by atoms with Crippen molar-refractivity contribution in [3.8, 4) is 5.75 Å². The number of methoxy groups -OCH3 is 1. The van der Waals surface area contributed by atoms with E-state index in [1.165, 1.54) is 20.2 Å². The van der Waals surface area contributed by atoms with Crippen molar-refractivity contribution >= 4 is 38.6 Å². The van der Waals surface area contributed by atoms with Crippen LogP contribution in [0.4, 0.5) is 0 Å². The van der Waals surface area contributed by atoms with Crippen LogP contribution >= 0.6 is 15.9 Å². The van der Waals surface area contributed by atoms with Gasteiger partial charge in [0, 0.05) is 21.4 Å². The molecule has 1 unspecified atom stereocenters. The number of aromatic nitrogens is 1. The van der Waals surface area contributed by atoms with Crippen LogP contribution < -0.4 is 10.1 Å². The average Bonchev–Trinajstić information content (AvgIpc) is 2.47. The summed E-state index contributed by atoms with van der Waals surface area (Å²) in [6.45, 7) is 1.39. The summed E-state index contributed by atoms with van der Waals surface area (Å²) in [5.74, 6) is -1.05. The van der Waals surface area contributed by atoms with Gasteiger partial charge in [0.1, 0.15) is 17.5 Å². The number of rotatable bonds is 4. The SMILES string of the molecule is COc1ccc(Br)c2c(C(=O)NC(C)C(=O)O)nccc12. The Morgan fingerprint density at radius 2 is 2.10 bits per heavy atom. The molecule has 1 heterocycles. The number of ether oxygens (including phenoxy) is 1. The van der Waals surface area contributed by atoms with Gasteiger partial charge in [-0.15, -0.1) is 0 Å². The summed E-state index contributed by atoms with van der Waals surface area (Å²) in [7, 11) is 1.54. The maximum Gasteiger partial charge on any atom is 0.325 e. The van der Waals surface area contributed by atoms with E-state index in [1.54, 1.807) is 18.2 Å². The smallest absolute Gasteiger partial charge is 0.325 e. The topological polar surface area (TPSA) is 88.5 Å². The molecule has 2 N–H and O–H groups in total. The first-order valence-corrected chi connectivity index (χ1v) is 6.90. The van der Waals surface area contributed by atoms with E-state index in [0.717, 1.165) is 5.39 Å². The molecule has 0 fully saturated rings. The molecule has 1 aromatic heterocycles. The van der Waals surface area contributed by atoms with Crippen molar-refractivity contribution in [1.82, 2.24) is 10.3 Å². The number of carbonyl (C=O) groups is 2. The molecule has 0 spiro atoms. The second kappa shape index (κ2) is 6.09. The molecule has 1 aromatic carbocycles. The second-order valence-electron chi connectivity index (χ2n) is 4.37. The number of carboxylic acid groups (broad SMARTS) is 1. The minimum Gasteiger partial charge on any atom is -0.496 e. The summed E-state index contributed by atoms with van der Waals surface area (Å²) in [5, 5.41) is 12.5. The first kappa shape index (κ1) is 15.2. The van der Waals surface area contributed by atoms with E-state index in [1.807, 2.05) is 0 Å². The van der Waals surface area contributed by atoms with E-state index >= 15 is 0 Å².